The quantitative estimate of drug-likeness (QED) is 0.549. The minimum atomic E-state index is -1.08. The number of amides is 2. The van der Waals surface area contributed by atoms with Gasteiger partial charge in [0.2, 0.25) is 5.91 Å². The molecule has 9 heteroatoms. The fourth-order valence-electron chi connectivity index (χ4n) is 4.35. The molecule has 2 amide bonds. The number of hydrogen-bond acceptors (Lipinski definition) is 4. The highest BCUT2D eigenvalue weighted by Gasteiger charge is 2.42. The van der Waals surface area contributed by atoms with Crippen molar-refractivity contribution >= 4 is 29.2 Å². The Morgan fingerprint density at radius 1 is 1.06 bits per heavy atom. The maximum atomic E-state index is 13.4. The van der Waals surface area contributed by atoms with Crippen LogP contribution in [0.15, 0.2) is 58.1 Å². The molecule has 0 fully saturated rings. The minimum absolute atomic E-state index is 0.178. The van der Waals surface area contributed by atoms with E-state index in [0.717, 1.165) is 16.6 Å². The number of nitrogens with zero attached hydrogens (tertiary/aromatic N) is 2. The molecule has 0 bridgehead atoms. The van der Waals surface area contributed by atoms with Gasteiger partial charge in [-0.25, -0.2) is 4.79 Å². The lowest BCUT2D eigenvalue weighted by atomic mass is 9.82. The number of aryl methyl sites for hydroxylation is 1. The zero-order valence-electron chi connectivity index (χ0n) is 19.8. The van der Waals surface area contributed by atoms with E-state index in [2.05, 4.69) is 10.6 Å². The first-order chi connectivity index (χ1) is 16.7. The van der Waals surface area contributed by atoms with E-state index in [0.29, 0.717) is 29.1 Å². The second-order valence-electron chi connectivity index (χ2n) is 8.75. The molecule has 8 nitrogen and oxygen atoms in total. The highest BCUT2D eigenvalue weighted by atomic mass is 35.5. The Hall–Kier alpha value is -3.65. The summed E-state index contributed by atoms with van der Waals surface area (Å²) in [6.07, 6.45) is 1.52. The van der Waals surface area contributed by atoms with Crippen molar-refractivity contribution in [2.45, 2.75) is 45.2 Å². The molecule has 0 spiro atoms. The van der Waals surface area contributed by atoms with Crippen molar-refractivity contribution < 1.29 is 9.59 Å². The van der Waals surface area contributed by atoms with Crippen molar-refractivity contribution in [3.63, 3.8) is 0 Å². The Balaban J connectivity index is 1.89. The first-order valence-electron chi connectivity index (χ1n) is 11.5. The summed E-state index contributed by atoms with van der Waals surface area (Å²) in [7, 11) is 1.42. The average Bonchev–Trinajstić information content (AvgIpc) is 2.84. The third kappa shape index (κ3) is 4.66. The van der Waals surface area contributed by atoms with Gasteiger partial charge in [0.15, 0.2) is 0 Å². The summed E-state index contributed by atoms with van der Waals surface area (Å²) in [6, 6.07) is 12.7. The summed E-state index contributed by atoms with van der Waals surface area (Å²) in [4.78, 5) is 52.8. The van der Waals surface area contributed by atoms with Crippen LogP contribution in [-0.4, -0.2) is 27.0 Å². The number of carbonyl (C=O) groups is 2. The third-order valence-corrected chi connectivity index (χ3v) is 6.56. The fraction of sp³-hybridized carbons (Fsp3) is 0.308. The molecule has 2 aromatic carbocycles. The summed E-state index contributed by atoms with van der Waals surface area (Å²) >= 11 is 6.09. The zero-order valence-corrected chi connectivity index (χ0v) is 20.6. The lowest BCUT2D eigenvalue weighted by Crippen LogP contribution is -2.55. The van der Waals surface area contributed by atoms with Crippen molar-refractivity contribution in [2.75, 3.05) is 5.32 Å². The van der Waals surface area contributed by atoms with E-state index in [-0.39, 0.29) is 11.4 Å². The Labute approximate surface area is 207 Å². The number of hydrogen-bond donors (Lipinski definition) is 2. The molecule has 1 aliphatic heterocycles. The standard InChI is InChI=1S/C26H27ClN4O4/c1-4-5-14-31-22-20(25(34)30(3)26(31)35)19(16-10-12-18(27)13-11-16)21(24(33)29-22)28-23(32)17-8-6-15(2)7-9-17/h6-13,19,21H,4-5,14H2,1-3H3,(H,28,32)(H,29,33)/t19-,21-/m1/s1. The SMILES string of the molecule is CCCCn1c2c(c(=O)n(C)c1=O)[C@@H](c1ccc(Cl)cc1)[C@@H](NC(=O)c1ccc(C)cc1)C(=O)N2. The summed E-state index contributed by atoms with van der Waals surface area (Å²) in [5, 5.41) is 6.05. The predicted molar refractivity (Wildman–Crippen MR) is 135 cm³/mol. The van der Waals surface area contributed by atoms with E-state index in [4.69, 9.17) is 11.6 Å². The van der Waals surface area contributed by atoms with Gasteiger partial charge in [0, 0.05) is 30.1 Å². The van der Waals surface area contributed by atoms with Crippen molar-refractivity contribution in [2.24, 2.45) is 7.05 Å². The van der Waals surface area contributed by atoms with E-state index < -0.39 is 35.0 Å². The summed E-state index contributed by atoms with van der Waals surface area (Å²) in [5.41, 5.74) is 1.24. The van der Waals surface area contributed by atoms with Gasteiger partial charge in [0.25, 0.3) is 11.5 Å². The van der Waals surface area contributed by atoms with Crippen LogP contribution in [0, 0.1) is 6.92 Å². The molecule has 0 aliphatic carbocycles. The summed E-state index contributed by atoms with van der Waals surface area (Å²) in [6.45, 7) is 4.25. The average molecular weight is 495 g/mol. The molecule has 0 saturated carbocycles. The van der Waals surface area contributed by atoms with Gasteiger partial charge in [-0.3, -0.25) is 23.5 Å². The van der Waals surface area contributed by atoms with Gasteiger partial charge in [-0.05, 0) is 43.2 Å². The van der Waals surface area contributed by atoms with Gasteiger partial charge in [0.05, 0.1) is 5.56 Å². The van der Waals surface area contributed by atoms with Crippen molar-refractivity contribution in [3.8, 4) is 0 Å². The Morgan fingerprint density at radius 3 is 2.34 bits per heavy atom. The molecule has 0 radical (unpaired) electrons. The number of fused-ring (bicyclic) bond motifs is 1. The van der Waals surface area contributed by atoms with E-state index in [1.165, 1.54) is 11.6 Å². The second kappa shape index (κ2) is 9.92. The molecule has 35 heavy (non-hydrogen) atoms. The van der Waals surface area contributed by atoms with E-state index in [1.54, 1.807) is 36.4 Å². The maximum absolute atomic E-state index is 13.4. The Kier molecular flexibility index (Phi) is 6.93. The Morgan fingerprint density at radius 2 is 1.71 bits per heavy atom. The van der Waals surface area contributed by atoms with E-state index in [1.807, 2.05) is 26.0 Å². The zero-order chi connectivity index (χ0) is 25.3. The number of halogens is 1. The van der Waals surface area contributed by atoms with Gasteiger partial charge < -0.3 is 10.6 Å². The third-order valence-electron chi connectivity index (χ3n) is 6.31. The normalized spacial score (nSPS) is 17.0. The van der Waals surface area contributed by atoms with Crippen molar-refractivity contribution in [1.82, 2.24) is 14.5 Å². The smallest absolute Gasteiger partial charge is 0.332 e. The van der Waals surface area contributed by atoms with Crippen molar-refractivity contribution in [3.05, 3.63) is 96.6 Å². The van der Waals surface area contributed by atoms with Crippen LogP contribution >= 0.6 is 11.6 Å². The highest BCUT2D eigenvalue weighted by Crippen LogP contribution is 2.35. The lowest BCUT2D eigenvalue weighted by molar-refractivity contribution is -0.118. The van der Waals surface area contributed by atoms with Crippen LogP contribution in [0.1, 0.15) is 52.7 Å². The van der Waals surface area contributed by atoms with Crippen LogP contribution in [-0.2, 0) is 18.4 Å². The first kappa shape index (κ1) is 24.5. The van der Waals surface area contributed by atoms with Crippen LogP contribution in [0.4, 0.5) is 5.82 Å². The van der Waals surface area contributed by atoms with Crippen LogP contribution < -0.4 is 21.9 Å². The molecule has 2 atom stereocenters. The van der Waals surface area contributed by atoms with Gasteiger partial charge in [-0.15, -0.1) is 0 Å². The van der Waals surface area contributed by atoms with Crippen molar-refractivity contribution in [1.29, 1.82) is 0 Å². The molecular formula is C26H27ClN4O4. The van der Waals surface area contributed by atoms with Crippen LogP contribution in [0.2, 0.25) is 5.02 Å². The van der Waals surface area contributed by atoms with Crippen LogP contribution in [0.25, 0.3) is 0 Å². The number of aromatic nitrogens is 2. The summed E-state index contributed by atoms with van der Waals surface area (Å²) < 4.78 is 2.48. The fourth-order valence-corrected chi connectivity index (χ4v) is 4.48. The number of carbonyl (C=O) groups excluding carboxylic acids is 2. The molecule has 2 heterocycles. The molecule has 0 saturated heterocycles. The van der Waals surface area contributed by atoms with Crippen LogP contribution in [0.3, 0.4) is 0 Å². The number of unbranched alkanes of at least 4 members (excludes halogenated alkanes) is 1. The number of nitrogens with one attached hydrogen (secondary N) is 2. The number of rotatable bonds is 6. The summed E-state index contributed by atoms with van der Waals surface area (Å²) in [5.74, 6) is -1.59. The molecule has 0 unspecified atom stereocenters. The van der Waals surface area contributed by atoms with E-state index in [9.17, 15) is 19.2 Å². The van der Waals surface area contributed by atoms with Gasteiger partial charge in [0.1, 0.15) is 11.9 Å². The van der Waals surface area contributed by atoms with E-state index >= 15 is 0 Å². The largest absolute Gasteiger partial charge is 0.339 e. The molecule has 4 rings (SSSR count). The van der Waals surface area contributed by atoms with Gasteiger partial charge in [-0.1, -0.05) is 54.8 Å². The number of benzene rings is 2. The minimum Gasteiger partial charge on any atom is -0.339 e. The molecule has 1 aromatic heterocycles. The van der Waals surface area contributed by atoms with Crippen LogP contribution in [0.5, 0.6) is 0 Å². The molecule has 3 aromatic rings. The molecule has 1 aliphatic rings. The first-order valence-corrected chi connectivity index (χ1v) is 11.9. The number of anilines is 1. The lowest BCUT2D eigenvalue weighted by Gasteiger charge is -2.34. The van der Waals surface area contributed by atoms with Gasteiger partial charge >= 0.3 is 5.69 Å². The maximum Gasteiger partial charge on any atom is 0.332 e. The monoisotopic (exact) mass is 494 g/mol. The highest BCUT2D eigenvalue weighted by molar-refractivity contribution is 6.30. The molecule has 182 valence electrons. The molecular weight excluding hydrogens is 468 g/mol. The predicted octanol–water partition coefficient (Wildman–Crippen LogP) is 3.19. The topological polar surface area (TPSA) is 102 Å². The Bertz CT molecular complexity index is 1390. The molecule has 2 N–H and O–H groups in total. The second-order valence-corrected chi connectivity index (χ2v) is 9.19. The van der Waals surface area contributed by atoms with Gasteiger partial charge in [-0.2, -0.15) is 0 Å².